The van der Waals surface area contributed by atoms with E-state index in [0.29, 0.717) is 21.5 Å². The van der Waals surface area contributed by atoms with E-state index in [9.17, 15) is 4.79 Å². The van der Waals surface area contributed by atoms with Gasteiger partial charge in [-0.15, -0.1) is 11.8 Å². The number of methoxy groups -OCH3 is 1. The molecular weight excluding hydrogens is 367 g/mol. The molecule has 124 valence electrons. The molecule has 0 unspecified atom stereocenters. The molecule has 2 aromatic carbocycles. The highest BCUT2D eigenvalue weighted by Crippen LogP contribution is 2.30. The van der Waals surface area contributed by atoms with Gasteiger partial charge in [0.1, 0.15) is 5.75 Å². The van der Waals surface area contributed by atoms with E-state index in [-0.39, 0.29) is 5.91 Å². The van der Waals surface area contributed by atoms with E-state index in [4.69, 9.17) is 27.9 Å². The predicted octanol–water partition coefficient (Wildman–Crippen LogP) is 5.21. The molecule has 24 heavy (non-hydrogen) atoms. The van der Waals surface area contributed by atoms with Gasteiger partial charge in [-0.05, 0) is 30.3 Å². The summed E-state index contributed by atoms with van der Waals surface area (Å²) < 4.78 is 5.20. The molecule has 0 atom stereocenters. The summed E-state index contributed by atoms with van der Waals surface area (Å²) in [4.78, 5) is 16.3. The zero-order chi connectivity index (χ0) is 17.1. The van der Waals surface area contributed by atoms with Gasteiger partial charge in [0.15, 0.2) is 0 Å². The Morgan fingerprint density at radius 3 is 2.79 bits per heavy atom. The molecule has 0 fully saturated rings. The Morgan fingerprint density at radius 2 is 2.04 bits per heavy atom. The molecule has 7 heteroatoms. The molecule has 1 aromatic heterocycles. The van der Waals surface area contributed by atoms with Gasteiger partial charge in [0.05, 0.1) is 28.4 Å². The molecule has 0 radical (unpaired) electrons. The largest absolute Gasteiger partial charge is 0.497 e. The lowest BCUT2D eigenvalue weighted by atomic mass is 10.2. The molecule has 3 rings (SSSR count). The van der Waals surface area contributed by atoms with Crippen LogP contribution in [0.3, 0.4) is 0 Å². The first-order valence-electron chi connectivity index (χ1n) is 7.09. The molecular formula is C17H14Cl2N2O2S. The fourth-order valence-corrected chi connectivity index (χ4v) is 3.37. The van der Waals surface area contributed by atoms with E-state index in [1.807, 2.05) is 24.4 Å². The summed E-state index contributed by atoms with van der Waals surface area (Å²) in [5.41, 5.74) is 1.60. The van der Waals surface area contributed by atoms with Gasteiger partial charge in [-0.2, -0.15) is 0 Å². The van der Waals surface area contributed by atoms with E-state index in [2.05, 4.69) is 10.3 Å². The molecule has 0 aliphatic rings. The Labute approximate surface area is 153 Å². The third kappa shape index (κ3) is 3.80. The second-order valence-corrected chi connectivity index (χ2v) is 6.86. The number of rotatable bonds is 5. The minimum absolute atomic E-state index is 0.110. The Bertz CT molecular complexity index is 895. The molecule has 0 saturated carbocycles. The van der Waals surface area contributed by atoms with Crippen molar-refractivity contribution >= 4 is 57.5 Å². The van der Waals surface area contributed by atoms with Crippen molar-refractivity contribution in [3.63, 3.8) is 0 Å². The molecule has 0 aliphatic carbocycles. The monoisotopic (exact) mass is 380 g/mol. The van der Waals surface area contributed by atoms with Crippen molar-refractivity contribution in [2.45, 2.75) is 4.90 Å². The number of aromatic amines is 1. The number of hydrogen-bond acceptors (Lipinski definition) is 3. The number of anilines is 1. The Hall–Kier alpha value is -1.82. The third-order valence-corrected chi connectivity index (χ3v) is 5.21. The Kier molecular flexibility index (Phi) is 5.23. The first-order chi connectivity index (χ1) is 11.6. The van der Waals surface area contributed by atoms with E-state index in [1.165, 1.54) is 11.8 Å². The number of carbonyl (C=O) groups is 1. The van der Waals surface area contributed by atoms with Crippen LogP contribution in [-0.2, 0) is 4.79 Å². The van der Waals surface area contributed by atoms with E-state index < -0.39 is 0 Å². The number of fused-ring (bicyclic) bond motifs is 1. The normalized spacial score (nSPS) is 10.8. The minimum atomic E-state index is -0.110. The topological polar surface area (TPSA) is 54.1 Å². The van der Waals surface area contributed by atoms with Crippen LogP contribution in [-0.4, -0.2) is 23.8 Å². The van der Waals surface area contributed by atoms with Gasteiger partial charge >= 0.3 is 0 Å². The van der Waals surface area contributed by atoms with Gasteiger partial charge in [-0.1, -0.05) is 23.2 Å². The third-order valence-electron chi connectivity index (χ3n) is 3.41. The number of H-pyrrole nitrogens is 1. The lowest BCUT2D eigenvalue weighted by Crippen LogP contribution is -2.13. The number of aromatic nitrogens is 1. The lowest BCUT2D eigenvalue weighted by molar-refractivity contribution is -0.113. The zero-order valence-corrected chi connectivity index (χ0v) is 15.1. The lowest BCUT2D eigenvalue weighted by Gasteiger charge is -2.06. The smallest absolute Gasteiger partial charge is 0.234 e. The SMILES string of the molecule is COc1ccc2c(SCC(=O)Nc3ccc(Cl)c(Cl)c3)c[nH]c2c1. The van der Waals surface area contributed by atoms with E-state index in [1.54, 1.807) is 25.3 Å². The number of amides is 1. The fourth-order valence-electron chi connectivity index (χ4n) is 2.24. The number of halogens is 2. The highest BCUT2D eigenvalue weighted by molar-refractivity contribution is 8.00. The Morgan fingerprint density at radius 1 is 1.21 bits per heavy atom. The highest BCUT2D eigenvalue weighted by Gasteiger charge is 2.09. The number of benzene rings is 2. The van der Waals surface area contributed by atoms with Gasteiger partial charge in [0, 0.05) is 28.2 Å². The van der Waals surface area contributed by atoms with Crippen molar-refractivity contribution in [2.24, 2.45) is 0 Å². The molecule has 2 N–H and O–H groups in total. The summed E-state index contributed by atoms with van der Waals surface area (Å²) in [7, 11) is 1.63. The van der Waals surface area contributed by atoms with Gasteiger partial charge in [-0.3, -0.25) is 4.79 Å². The summed E-state index contributed by atoms with van der Waals surface area (Å²) in [5.74, 6) is 0.971. The first-order valence-corrected chi connectivity index (χ1v) is 8.84. The van der Waals surface area contributed by atoms with Gasteiger partial charge in [0.2, 0.25) is 5.91 Å². The van der Waals surface area contributed by atoms with Crippen LogP contribution in [0.25, 0.3) is 10.9 Å². The number of thioether (sulfide) groups is 1. The van der Waals surface area contributed by atoms with Gasteiger partial charge in [-0.25, -0.2) is 0 Å². The summed E-state index contributed by atoms with van der Waals surface area (Å²) in [5, 5.41) is 4.73. The minimum Gasteiger partial charge on any atom is -0.497 e. The van der Waals surface area contributed by atoms with Crippen molar-refractivity contribution in [2.75, 3.05) is 18.2 Å². The Balaban J connectivity index is 1.64. The first kappa shape index (κ1) is 17.0. The molecule has 0 bridgehead atoms. The molecule has 1 amide bonds. The van der Waals surface area contributed by atoms with Crippen molar-refractivity contribution in [3.05, 3.63) is 52.6 Å². The maximum Gasteiger partial charge on any atom is 0.234 e. The highest BCUT2D eigenvalue weighted by atomic mass is 35.5. The average molecular weight is 381 g/mol. The number of ether oxygens (including phenoxy) is 1. The van der Waals surface area contributed by atoms with Gasteiger partial charge in [0.25, 0.3) is 0 Å². The summed E-state index contributed by atoms with van der Waals surface area (Å²) in [6, 6.07) is 10.8. The van der Waals surface area contributed by atoms with Gasteiger partial charge < -0.3 is 15.0 Å². The van der Waals surface area contributed by atoms with Crippen molar-refractivity contribution in [1.82, 2.24) is 4.98 Å². The van der Waals surface area contributed by atoms with Crippen LogP contribution >= 0.6 is 35.0 Å². The second kappa shape index (κ2) is 7.38. The van der Waals surface area contributed by atoms with Crippen LogP contribution < -0.4 is 10.1 Å². The number of nitrogens with one attached hydrogen (secondary N) is 2. The molecule has 0 spiro atoms. The van der Waals surface area contributed by atoms with Crippen molar-refractivity contribution in [3.8, 4) is 5.75 Å². The summed E-state index contributed by atoms with van der Waals surface area (Å²) in [6.45, 7) is 0. The maximum absolute atomic E-state index is 12.1. The summed E-state index contributed by atoms with van der Waals surface area (Å²) in [6.07, 6.45) is 1.89. The number of carbonyl (C=O) groups excluding carboxylic acids is 1. The van der Waals surface area contributed by atoms with Crippen LogP contribution in [0.4, 0.5) is 5.69 Å². The number of hydrogen-bond donors (Lipinski definition) is 2. The van der Waals surface area contributed by atoms with Crippen molar-refractivity contribution < 1.29 is 9.53 Å². The average Bonchev–Trinajstić information content (AvgIpc) is 2.98. The second-order valence-electron chi connectivity index (χ2n) is 5.03. The van der Waals surface area contributed by atoms with E-state index >= 15 is 0 Å². The predicted molar refractivity (Wildman–Crippen MR) is 101 cm³/mol. The fraction of sp³-hybridized carbons (Fsp3) is 0.118. The standard InChI is InChI=1S/C17H14Cl2N2O2S/c1-23-11-3-4-12-15(7-11)20-8-16(12)24-9-17(22)21-10-2-5-13(18)14(19)6-10/h2-8,20H,9H2,1H3,(H,21,22). The maximum atomic E-state index is 12.1. The quantitative estimate of drug-likeness (QED) is 0.597. The van der Waals surface area contributed by atoms with Crippen molar-refractivity contribution in [1.29, 1.82) is 0 Å². The molecule has 4 nitrogen and oxygen atoms in total. The molecule has 3 aromatic rings. The van der Waals surface area contributed by atoms with Crippen LogP contribution in [0, 0.1) is 0 Å². The summed E-state index contributed by atoms with van der Waals surface area (Å²) >= 11 is 13.3. The molecule has 0 aliphatic heterocycles. The van der Waals surface area contributed by atoms with Crippen LogP contribution in [0.1, 0.15) is 0 Å². The van der Waals surface area contributed by atoms with E-state index in [0.717, 1.165) is 21.5 Å². The van der Waals surface area contributed by atoms with Crippen LogP contribution in [0.15, 0.2) is 47.5 Å². The van der Waals surface area contributed by atoms with Crippen LogP contribution in [0.5, 0.6) is 5.75 Å². The molecule has 0 saturated heterocycles. The zero-order valence-electron chi connectivity index (χ0n) is 12.7. The molecule has 1 heterocycles. The van der Waals surface area contributed by atoms with Crippen LogP contribution in [0.2, 0.25) is 10.0 Å².